The van der Waals surface area contributed by atoms with Gasteiger partial charge in [-0.2, -0.15) is 4.31 Å². The molecule has 15 heteroatoms. The lowest BCUT2D eigenvalue weighted by Gasteiger charge is -2.38. The number of aromatic nitrogens is 2. The lowest BCUT2D eigenvalue weighted by Crippen LogP contribution is -2.50. The fourth-order valence-electron chi connectivity index (χ4n) is 4.16. The van der Waals surface area contributed by atoms with Crippen molar-refractivity contribution in [3.63, 3.8) is 0 Å². The minimum Gasteiger partial charge on any atom is -0.488 e. The number of nitrogens with zero attached hydrogens (tertiary/aromatic N) is 4. The van der Waals surface area contributed by atoms with Gasteiger partial charge in [0.15, 0.2) is 5.03 Å². The van der Waals surface area contributed by atoms with E-state index >= 15 is 0 Å². The van der Waals surface area contributed by atoms with Gasteiger partial charge in [-0.05, 0) is 36.6 Å². The summed E-state index contributed by atoms with van der Waals surface area (Å²) in [4.78, 5) is 19.1. The summed E-state index contributed by atoms with van der Waals surface area (Å²) in [6.07, 6.45) is 2.13. The van der Waals surface area contributed by atoms with Crippen LogP contribution >= 0.6 is 11.3 Å². The van der Waals surface area contributed by atoms with E-state index in [-0.39, 0.29) is 51.8 Å². The minimum atomic E-state index is -3.91. The number of amides is 1. The molecule has 2 N–H and O–H groups in total. The van der Waals surface area contributed by atoms with Gasteiger partial charge in [-0.15, -0.1) is 11.3 Å². The molecule has 1 amide bonds. The number of hydrogen-bond acceptors (Lipinski definition) is 9. The molecule has 0 spiro atoms. The van der Waals surface area contributed by atoms with Crippen molar-refractivity contribution < 1.29 is 31.5 Å². The van der Waals surface area contributed by atoms with Gasteiger partial charge in [-0.25, -0.2) is 21.8 Å². The van der Waals surface area contributed by atoms with Crippen molar-refractivity contribution in [2.75, 3.05) is 31.5 Å². The van der Waals surface area contributed by atoms with Crippen LogP contribution in [-0.2, 0) is 27.1 Å². The molecule has 1 aromatic carbocycles. The molecule has 39 heavy (non-hydrogen) atoms. The van der Waals surface area contributed by atoms with Gasteiger partial charge in [0, 0.05) is 38.4 Å². The Balaban J connectivity index is 1.68. The molecule has 3 atom stereocenters. The SMILES string of the molecule is C[C@@H]1CN([C@H](C)CO)C(=O)c2cc(NS(=O)(=O)c3cccs3)ccc2O[C@@H]1CN(C)S(=O)(=O)c1cn(C)cn1. The van der Waals surface area contributed by atoms with E-state index in [2.05, 4.69) is 9.71 Å². The van der Waals surface area contributed by atoms with Crippen molar-refractivity contribution in [2.45, 2.75) is 35.2 Å². The van der Waals surface area contributed by atoms with Crippen LogP contribution in [0.2, 0.25) is 0 Å². The Kier molecular flexibility index (Phi) is 8.37. The maximum absolute atomic E-state index is 13.6. The number of fused-ring (bicyclic) bond motifs is 1. The van der Waals surface area contributed by atoms with Crippen molar-refractivity contribution >= 4 is 43.0 Å². The van der Waals surface area contributed by atoms with Gasteiger partial charge in [-0.1, -0.05) is 13.0 Å². The average Bonchev–Trinajstić information content (AvgIpc) is 3.59. The number of aliphatic hydroxyl groups is 1. The standard InChI is InChI=1S/C24H31N5O7S3/c1-16-11-29(17(2)14-30)24(31)19-10-18(26-38(32,33)23-6-5-9-37-23)7-8-20(19)36-21(16)12-28(4)39(34,35)22-13-27(3)15-25-22/h5-10,13,15-17,21,26,30H,11-12,14H2,1-4H3/t16-,17-,21-/m1/s1. The molecule has 4 rings (SSSR count). The van der Waals surface area contributed by atoms with E-state index < -0.39 is 38.1 Å². The molecule has 212 valence electrons. The Morgan fingerprint density at radius 1 is 1.28 bits per heavy atom. The van der Waals surface area contributed by atoms with Crippen LogP contribution in [0.4, 0.5) is 5.69 Å². The lowest BCUT2D eigenvalue weighted by molar-refractivity contribution is 0.0387. The third-order valence-corrected chi connectivity index (χ3v) is 11.0. The number of aliphatic hydroxyl groups excluding tert-OH is 1. The maximum atomic E-state index is 13.6. The van der Waals surface area contributed by atoms with Crippen LogP contribution in [0.3, 0.4) is 0 Å². The zero-order valence-electron chi connectivity index (χ0n) is 21.9. The summed E-state index contributed by atoms with van der Waals surface area (Å²) in [6, 6.07) is 6.90. The van der Waals surface area contributed by atoms with Gasteiger partial charge in [-0.3, -0.25) is 9.52 Å². The maximum Gasteiger partial charge on any atom is 0.271 e. The van der Waals surface area contributed by atoms with Gasteiger partial charge in [0.05, 0.1) is 31.1 Å². The number of hydrogen-bond donors (Lipinski definition) is 2. The number of imidazole rings is 1. The molecule has 0 aliphatic carbocycles. The predicted molar refractivity (Wildman–Crippen MR) is 146 cm³/mol. The fourth-order valence-corrected chi connectivity index (χ4v) is 7.34. The summed E-state index contributed by atoms with van der Waals surface area (Å²) >= 11 is 1.06. The quantitative estimate of drug-likeness (QED) is 0.379. The first-order valence-corrected chi connectivity index (χ1v) is 15.9. The highest BCUT2D eigenvalue weighted by Crippen LogP contribution is 2.32. The highest BCUT2D eigenvalue weighted by Gasteiger charge is 2.36. The van der Waals surface area contributed by atoms with Crippen molar-refractivity contribution in [2.24, 2.45) is 13.0 Å². The van der Waals surface area contributed by atoms with Crippen LogP contribution in [0.5, 0.6) is 5.75 Å². The second kappa shape index (κ2) is 11.3. The number of nitrogens with one attached hydrogen (secondary N) is 1. The molecule has 0 bridgehead atoms. The number of sulfonamides is 2. The number of thiophene rings is 1. The number of aryl methyl sites for hydroxylation is 1. The number of carbonyl (C=O) groups excluding carboxylic acids is 1. The molecule has 2 aromatic heterocycles. The number of anilines is 1. The van der Waals surface area contributed by atoms with E-state index in [9.17, 15) is 26.7 Å². The first-order valence-electron chi connectivity index (χ1n) is 12.1. The van der Waals surface area contributed by atoms with Gasteiger partial charge < -0.3 is 19.3 Å². The number of carbonyl (C=O) groups is 1. The molecule has 0 radical (unpaired) electrons. The van der Waals surface area contributed by atoms with E-state index in [1.54, 1.807) is 25.4 Å². The highest BCUT2D eigenvalue weighted by molar-refractivity contribution is 7.94. The van der Waals surface area contributed by atoms with Crippen LogP contribution < -0.4 is 9.46 Å². The molecule has 12 nitrogen and oxygen atoms in total. The zero-order valence-corrected chi connectivity index (χ0v) is 24.3. The number of benzene rings is 1. The number of rotatable bonds is 9. The van der Waals surface area contributed by atoms with Crippen LogP contribution in [-0.4, -0.2) is 85.5 Å². The summed E-state index contributed by atoms with van der Waals surface area (Å²) in [7, 11) is -4.66. The van der Waals surface area contributed by atoms with Gasteiger partial charge in [0.25, 0.3) is 26.0 Å². The van der Waals surface area contributed by atoms with Crippen molar-refractivity contribution in [1.82, 2.24) is 18.8 Å². The summed E-state index contributed by atoms with van der Waals surface area (Å²) in [6.45, 7) is 3.38. The Morgan fingerprint density at radius 3 is 2.64 bits per heavy atom. The van der Waals surface area contributed by atoms with E-state index in [0.29, 0.717) is 0 Å². The third-order valence-electron chi connectivity index (χ3n) is 6.47. The highest BCUT2D eigenvalue weighted by atomic mass is 32.2. The Labute approximate surface area is 231 Å². The number of likely N-dealkylation sites (N-methyl/N-ethyl adjacent to an activating group) is 1. The van der Waals surface area contributed by atoms with Crippen LogP contribution in [0.25, 0.3) is 0 Å². The second-order valence-electron chi connectivity index (χ2n) is 9.53. The van der Waals surface area contributed by atoms with Gasteiger partial charge in [0.2, 0.25) is 0 Å². The Morgan fingerprint density at radius 2 is 2.03 bits per heavy atom. The van der Waals surface area contributed by atoms with Crippen LogP contribution in [0.1, 0.15) is 24.2 Å². The summed E-state index contributed by atoms with van der Waals surface area (Å²) in [5.41, 5.74) is 0.254. The Bertz CT molecular complexity index is 1540. The van der Waals surface area contributed by atoms with Crippen LogP contribution in [0, 0.1) is 5.92 Å². The molecule has 0 saturated carbocycles. The van der Waals surface area contributed by atoms with E-state index in [4.69, 9.17) is 4.74 Å². The number of ether oxygens (including phenoxy) is 1. The predicted octanol–water partition coefficient (Wildman–Crippen LogP) is 1.82. The van der Waals surface area contributed by atoms with E-state index in [1.165, 1.54) is 53.3 Å². The first kappa shape index (κ1) is 29.0. The molecule has 1 aliphatic rings. The fraction of sp³-hybridized carbons (Fsp3) is 0.417. The molecule has 0 unspecified atom stereocenters. The lowest BCUT2D eigenvalue weighted by atomic mass is 9.99. The molecule has 3 aromatic rings. The third kappa shape index (κ3) is 6.11. The molecular formula is C24H31N5O7S3. The molecule has 0 saturated heterocycles. The second-order valence-corrected chi connectivity index (χ2v) is 14.4. The smallest absolute Gasteiger partial charge is 0.271 e. The first-order chi connectivity index (χ1) is 18.3. The van der Waals surface area contributed by atoms with E-state index in [1.807, 2.05) is 6.92 Å². The molecular weight excluding hydrogens is 566 g/mol. The topological polar surface area (TPSA) is 151 Å². The van der Waals surface area contributed by atoms with Crippen molar-refractivity contribution in [1.29, 1.82) is 0 Å². The molecule has 3 heterocycles. The zero-order chi connectivity index (χ0) is 28.5. The largest absolute Gasteiger partial charge is 0.488 e. The minimum absolute atomic E-state index is 0.0399. The van der Waals surface area contributed by atoms with Crippen molar-refractivity contribution in [3.05, 3.63) is 53.8 Å². The molecule has 1 aliphatic heterocycles. The van der Waals surface area contributed by atoms with E-state index in [0.717, 1.165) is 15.6 Å². The average molecular weight is 598 g/mol. The summed E-state index contributed by atoms with van der Waals surface area (Å²) in [5.74, 6) is -0.590. The monoisotopic (exact) mass is 597 g/mol. The summed E-state index contributed by atoms with van der Waals surface area (Å²) < 4.78 is 63.2. The Hall–Kier alpha value is -2.98. The van der Waals surface area contributed by atoms with Gasteiger partial charge >= 0.3 is 0 Å². The normalized spacial score (nSPS) is 19.2. The van der Waals surface area contributed by atoms with Crippen molar-refractivity contribution in [3.8, 4) is 5.75 Å². The van der Waals surface area contributed by atoms with Crippen LogP contribution in [0.15, 0.2) is 57.5 Å². The van der Waals surface area contributed by atoms with Gasteiger partial charge in [0.1, 0.15) is 16.1 Å². The molecule has 0 fully saturated rings. The summed E-state index contributed by atoms with van der Waals surface area (Å²) in [5, 5.41) is 11.4.